The van der Waals surface area contributed by atoms with Crippen molar-refractivity contribution in [3.63, 3.8) is 0 Å². The highest BCUT2D eigenvalue weighted by atomic mass is 16.5. The van der Waals surface area contributed by atoms with Crippen LogP contribution in [0.15, 0.2) is 72.5 Å². The van der Waals surface area contributed by atoms with Crippen LogP contribution in [0.3, 0.4) is 0 Å². The zero-order chi connectivity index (χ0) is 21.1. The summed E-state index contributed by atoms with van der Waals surface area (Å²) in [6.07, 6.45) is 1.62. The Kier molecular flexibility index (Phi) is 5.22. The average Bonchev–Trinajstić information content (AvgIpc) is 3.08. The average molecular weight is 402 g/mol. The van der Waals surface area contributed by atoms with Gasteiger partial charge in [0.2, 0.25) is 5.78 Å². The van der Waals surface area contributed by atoms with E-state index in [0.29, 0.717) is 34.1 Å². The Labute approximate surface area is 173 Å². The summed E-state index contributed by atoms with van der Waals surface area (Å²) in [6.45, 7) is 0. The third-order valence-electron chi connectivity index (χ3n) is 4.57. The molecule has 0 aliphatic carbocycles. The third kappa shape index (κ3) is 3.75. The molecule has 0 atom stereocenters. The van der Waals surface area contributed by atoms with Crippen molar-refractivity contribution < 1.29 is 28.5 Å². The molecule has 0 unspecified atom stereocenters. The van der Waals surface area contributed by atoms with Crippen molar-refractivity contribution in [3.8, 4) is 23.0 Å². The number of ether oxygens (including phenoxy) is 4. The number of carbonyl (C=O) groups is 2. The number of fused-ring (bicyclic) bond motifs is 1. The Hall–Kier alpha value is -4.06. The number of methoxy groups -OCH3 is 2. The minimum Gasteiger partial charge on any atom is -0.493 e. The van der Waals surface area contributed by atoms with E-state index in [1.807, 2.05) is 6.07 Å². The summed E-state index contributed by atoms with van der Waals surface area (Å²) < 4.78 is 21.6. The van der Waals surface area contributed by atoms with Crippen LogP contribution in [0, 0.1) is 0 Å². The first-order valence-electron chi connectivity index (χ1n) is 9.16. The van der Waals surface area contributed by atoms with Gasteiger partial charge in [0, 0.05) is 6.07 Å². The highest BCUT2D eigenvalue weighted by Crippen LogP contribution is 2.36. The molecule has 3 aromatic rings. The van der Waals surface area contributed by atoms with Crippen molar-refractivity contribution in [1.82, 2.24) is 0 Å². The molecular formula is C24H18O6. The molecule has 0 N–H and O–H groups in total. The first-order chi connectivity index (χ1) is 14.6. The zero-order valence-corrected chi connectivity index (χ0v) is 16.4. The largest absolute Gasteiger partial charge is 0.493 e. The Balaban J connectivity index is 1.56. The highest BCUT2D eigenvalue weighted by Gasteiger charge is 2.28. The van der Waals surface area contributed by atoms with Crippen LogP contribution in [0.1, 0.15) is 26.3 Å². The number of Topliss-reactive ketones (excluding diaryl/α,β-unsaturated/α-hetero) is 1. The van der Waals surface area contributed by atoms with Gasteiger partial charge in [-0.2, -0.15) is 0 Å². The smallest absolute Gasteiger partial charge is 0.343 e. The molecule has 1 heterocycles. The van der Waals surface area contributed by atoms with Gasteiger partial charge in [-0.3, -0.25) is 4.79 Å². The molecule has 6 nitrogen and oxygen atoms in total. The number of benzene rings is 3. The van der Waals surface area contributed by atoms with Crippen molar-refractivity contribution in [2.45, 2.75) is 0 Å². The van der Waals surface area contributed by atoms with Gasteiger partial charge < -0.3 is 18.9 Å². The Morgan fingerprint density at radius 3 is 2.40 bits per heavy atom. The molecule has 150 valence electrons. The molecule has 0 amide bonds. The summed E-state index contributed by atoms with van der Waals surface area (Å²) >= 11 is 0. The second kappa shape index (κ2) is 8.13. The number of esters is 1. The van der Waals surface area contributed by atoms with Crippen LogP contribution in [-0.4, -0.2) is 26.0 Å². The van der Waals surface area contributed by atoms with Crippen LogP contribution in [0.25, 0.3) is 6.08 Å². The van der Waals surface area contributed by atoms with E-state index in [2.05, 4.69) is 0 Å². The number of rotatable bonds is 5. The lowest BCUT2D eigenvalue weighted by Gasteiger charge is -2.08. The van der Waals surface area contributed by atoms with Crippen molar-refractivity contribution in [1.29, 1.82) is 0 Å². The fraction of sp³-hybridized carbons (Fsp3) is 0.0833. The number of hydrogen-bond donors (Lipinski definition) is 0. The van der Waals surface area contributed by atoms with E-state index in [4.69, 9.17) is 18.9 Å². The number of hydrogen-bond acceptors (Lipinski definition) is 6. The molecule has 3 aromatic carbocycles. The zero-order valence-electron chi connectivity index (χ0n) is 16.4. The van der Waals surface area contributed by atoms with Crippen molar-refractivity contribution in [2.75, 3.05) is 14.2 Å². The minimum atomic E-state index is -0.485. The maximum Gasteiger partial charge on any atom is 0.343 e. The van der Waals surface area contributed by atoms with Gasteiger partial charge in [-0.15, -0.1) is 0 Å². The van der Waals surface area contributed by atoms with Gasteiger partial charge >= 0.3 is 5.97 Å². The lowest BCUT2D eigenvalue weighted by atomic mass is 10.1. The van der Waals surface area contributed by atoms with Gasteiger partial charge in [0.25, 0.3) is 0 Å². The molecule has 4 rings (SSSR count). The quantitative estimate of drug-likeness (QED) is 0.355. The molecule has 0 spiro atoms. The van der Waals surface area contributed by atoms with Crippen molar-refractivity contribution >= 4 is 17.8 Å². The molecule has 30 heavy (non-hydrogen) atoms. The van der Waals surface area contributed by atoms with Gasteiger partial charge in [-0.25, -0.2) is 4.79 Å². The molecule has 0 aromatic heterocycles. The van der Waals surface area contributed by atoms with Crippen LogP contribution in [0.2, 0.25) is 0 Å². The molecule has 1 aliphatic rings. The molecule has 0 saturated heterocycles. The van der Waals surface area contributed by atoms with Gasteiger partial charge in [0.1, 0.15) is 11.5 Å². The lowest BCUT2D eigenvalue weighted by molar-refractivity contribution is 0.0734. The van der Waals surface area contributed by atoms with Crippen LogP contribution < -0.4 is 18.9 Å². The molecule has 0 saturated carbocycles. The summed E-state index contributed by atoms with van der Waals surface area (Å²) in [5, 5.41) is 0. The summed E-state index contributed by atoms with van der Waals surface area (Å²) in [6, 6.07) is 18.6. The predicted octanol–water partition coefficient (Wildman–Crippen LogP) is 4.54. The third-order valence-corrected chi connectivity index (χ3v) is 4.57. The van der Waals surface area contributed by atoms with Crippen LogP contribution >= 0.6 is 0 Å². The molecule has 0 radical (unpaired) electrons. The first-order valence-corrected chi connectivity index (χ1v) is 9.16. The topological polar surface area (TPSA) is 71.1 Å². The van der Waals surface area contributed by atoms with E-state index in [9.17, 15) is 9.59 Å². The normalized spacial score (nSPS) is 13.5. The van der Waals surface area contributed by atoms with E-state index in [0.717, 1.165) is 5.56 Å². The van der Waals surface area contributed by atoms with Gasteiger partial charge in [-0.05, 0) is 48.0 Å². The number of ketones is 1. The fourth-order valence-corrected chi connectivity index (χ4v) is 3.06. The molecule has 0 fully saturated rings. The molecule has 0 bridgehead atoms. The predicted molar refractivity (Wildman–Crippen MR) is 110 cm³/mol. The minimum absolute atomic E-state index is 0.170. The Bertz CT molecular complexity index is 1150. The van der Waals surface area contributed by atoms with Gasteiger partial charge in [-0.1, -0.05) is 24.3 Å². The van der Waals surface area contributed by atoms with E-state index in [1.165, 1.54) is 6.07 Å². The fourth-order valence-electron chi connectivity index (χ4n) is 3.06. The first kappa shape index (κ1) is 19.3. The number of allylic oxidation sites excluding steroid dienone is 1. The van der Waals surface area contributed by atoms with E-state index < -0.39 is 5.97 Å². The van der Waals surface area contributed by atoms with Gasteiger partial charge in [0.15, 0.2) is 17.3 Å². The van der Waals surface area contributed by atoms with Crippen LogP contribution in [0.4, 0.5) is 0 Å². The van der Waals surface area contributed by atoms with Crippen molar-refractivity contribution in [3.05, 3.63) is 89.2 Å². The van der Waals surface area contributed by atoms with Crippen LogP contribution in [-0.2, 0) is 0 Å². The second-order valence-corrected chi connectivity index (χ2v) is 6.47. The van der Waals surface area contributed by atoms with Gasteiger partial charge in [0.05, 0.1) is 25.3 Å². The second-order valence-electron chi connectivity index (χ2n) is 6.47. The summed E-state index contributed by atoms with van der Waals surface area (Å²) in [5.41, 5.74) is 1.56. The Morgan fingerprint density at radius 1 is 0.900 bits per heavy atom. The molecule has 6 heteroatoms. The van der Waals surface area contributed by atoms with Crippen LogP contribution in [0.5, 0.6) is 23.0 Å². The highest BCUT2D eigenvalue weighted by molar-refractivity contribution is 6.14. The molecule has 1 aliphatic heterocycles. The maximum absolute atomic E-state index is 12.7. The monoisotopic (exact) mass is 402 g/mol. The van der Waals surface area contributed by atoms with E-state index in [1.54, 1.807) is 74.9 Å². The molecular weight excluding hydrogens is 384 g/mol. The SMILES string of the molecule is COc1ccc(/C=C2/Oc3cc(OC(=O)c4ccccc4)ccc3C2=O)cc1OC. The van der Waals surface area contributed by atoms with E-state index in [-0.39, 0.29) is 11.5 Å². The Morgan fingerprint density at radius 2 is 1.67 bits per heavy atom. The number of carbonyl (C=O) groups excluding carboxylic acids is 2. The standard InChI is InChI=1S/C24H18O6/c1-27-19-11-8-15(12-21(19)28-2)13-22-23(25)18-10-9-17(14-20(18)30-22)29-24(26)16-6-4-3-5-7-16/h3-14H,1-2H3/b22-13+. The van der Waals surface area contributed by atoms with E-state index >= 15 is 0 Å². The maximum atomic E-state index is 12.7. The lowest BCUT2D eigenvalue weighted by Crippen LogP contribution is -2.08. The summed E-state index contributed by atoms with van der Waals surface area (Å²) in [4.78, 5) is 24.9. The van der Waals surface area contributed by atoms with Crippen molar-refractivity contribution in [2.24, 2.45) is 0 Å². The summed E-state index contributed by atoms with van der Waals surface area (Å²) in [5.74, 6) is 1.20. The summed E-state index contributed by atoms with van der Waals surface area (Å²) in [7, 11) is 3.10.